The van der Waals surface area contributed by atoms with Crippen molar-refractivity contribution in [2.24, 2.45) is 5.41 Å². The Morgan fingerprint density at radius 2 is 2.21 bits per heavy atom. The van der Waals surface area contributed by atoms with Crippen molar-refractivity contribution in [2.75, 3.05) is 19.6 Å². The molecule has 2 aliphatic rings. The summed E-state index contributed by atoms with van der Waals surface area (Å²) in [5.41, 5.74) is 3.16. The van der Waals surface area contributed by atoms with E-state index in [1.807, 2.05) is 6.20 Å². The number of benzene rings is 1. The first-order valence-electron chi connectivity index (χ1n) is 10.3. The number of aromatic nitrogens is 1. The van der Waals surface area contributed by atoms with E-state index in [0.29, 0.717) is 19.0 Å². The minimum atomic E-state index is -0.412. The Labute approximate surface area is 166 Å². The zero-order chi connectivity index (χ0) is 19.9. The number of hydrogen-bond donors (Lipinski definition) is 3. The molecule has 3 heterocycles. The largest absolute Gasteiger partial charge is 0.361 e. The summed E-state index contributed by atoms with van der Waals surface area (Å²) in [7, 11) is 0. The second kappa shape index (κ2) is 7.24. The molecule has 1 aromatic heterocycles. The van der Waals surface area contributed by atoms with Crippen molar-refractivity contribution in [3.63, 3.8) is 0 Å². The fourth-order valence-corrected chi connectivity index (χ4v) is 4.64. The molecule has 6 nitrogen and oxygen atoms in total. The zero-order valence-corrected chi connectivity index (χ0v) is 17.0. The Balaban J connectivity index is 1.33. The van der Waals surface area contributed by atoms with Crippen LogP contribution in [-0.2, 0) is 16.0 Å². The summed E-state index contributed by atoms with van der Waals surface area (Å²) in [4.78, 5) is 30.9. The summed E-state index contributed by atoms with van der Waals surface area (Å²) in [6, 6.07) is 6.36. The van der Waals surface area contributed by atoms with Gasteiger partial charge in [0.1, 0.15) is 6.04 Å². The Morgan fingerprint density at radius 1 is 1.39 bits per heavy atom. The van der Waals surface area contributed by atoms with Crippen LogP contribution < -0.4 is 10.6 Å². The van der Waals surface area contributed by atoms with Crippen LogP contribution in [0.5, 0.6) is 0 Å². The van der Waals surface area contributed by atoms with Gasteiger partial charge in [-0.3, -0.25) is 14.5 Å². The lowest BCUT2D eigenvalue weighted by Crippen LogP contribution is -2.42. The predicted molar refractivity (Wildman–Crippen MR) is 110 cm³/mol. The SMILES string of the molecule is Cc1ccc2[nH]cc(CCNC(=O)[C@@H]3C[C@@]4(CCN(C(C)C)C4)C(=O)N3)c2c1. The number of H-pyrrole nitrogens is 1. The van der Waals surface area contributed by atoms with Crippen LogP contribution in [0.1, 0.15) is 37.8 Å². The molecule has 0 bridgehead atoms. The number of nitrogens with one attached hydrogen (secondary N) is 3. The van der Waals surface area contributed by atoms with E-state index < -0.39 is 6.04 Å². The summed E-state index contributed by atoms with van der Waals surface area (Å²) in [6.45, 7) is 8.65. The summed E-state index contributed by atoms with van der Waals surface area (Å²) in [6.07, 6.45) is 4.23. The number of carbonyl (C=O) groups excluding carboxylic acids is 2. The number of amides is 2. The third-order valence-corrected chi connectivity index (χ3v) is 6.43. The number of rotatable bonds is 5. The van der Waals surface area contributed by atoms with Crippen LogP contribution in [0.15, 0.2) is 24.4 Å². The quantitative estimate of drug-likeness (QED) is 0.741. The Bertz CT molecular complexity index is 903. The molecule has 2 aliphatic heterocycles. The smallest absolute Gasteiger partial charge is 0.242 e. The molecule has 28 heavy (non-hydrogen) atoms. The number of hydrogen-bond acceptors (Lipinski definition) is 3. The molecule has 2 amide bonds. The molecule has 6 heteroatoms. The van der Waals surface area contributed by atoms with Crippen molar-refractivity contribution in [3.8, 4) is 0 Å². The van der Waals surface area contributed by atoms with Crippen LogP contribution in [-0.4, -0.2) is 53.4 Å². The topological polar surface area (TPSA) is 77.2 Å². The van der Waals surface area contributed by atoms with Gasteiger partial charge in [0.05, 0.1) is 5.41 Å². The van der Waals surface area contributed by atoms with Gasteiger partial charge in [0.25, 0.3) is 0 Å². The van der Waals surface area contributed by atoms with Crippen LogP contribution in [0.25, 0.3) is 10.9 Å². The van der Waals surface area contributed by atoms with Gasteiger partial charge in [-0.1, -0.05) is 11.6 Å². The molecule has 0 radical (unpaired) electrons. The first-order valence-corrected chi connectivity index (χ1v) is 10.3. The second-order valence-corrected chi connectivity index (χ2v) is 8.73. The molecular weight excluding hydrogens is 352 g/mol. The van der Waals surface area contributed by atoms with Crippen molar-refractivity contribution >= 4 is 22.7 Å². The minimum absolute atomic E-state index is 0.0444. The number of fused-ring (bicyclic) bond motifs is 1. The molecule has 0 aliphatic carbocycles. The van der Waals surface area contributed by atoms with Crippen LogP contribution >= 0.6 is 0 Å². The fraction of sp³-hybridized carbons (Fsp3) is 0.545. The average Bonchev–Trinajstić information content (AvgIpc) is 3.34. The Kier molecular flexibility index (Phi) is 4.91. The van der Waals surface area contributed by atoms with E-state index in [1.165, 1.54) is 16.5 Å². The number of carbonyl (C=O) groups is 2. The maximum absolute atomic E-state index is 12.6. The highest BCUT2D eigenvalue weighted by atomic mass is 16.2. The van der Waals surface area contributed by atoms with Gasteiger partial charge in [-0.2, -0.15) is 0 Å². The van der Waals surface area contributed by atoms with Gasteiger partial charge in [-0.05, 0) is 64.3 Å². The number of aromatic amines is 1. The summed E-state index contributed by atoms with van der Waals surface area (Å²) >= 11 is 0. The zero-order valence-electron chi connectivity index (χ0n) is 17.0. The predicted octanol–water partition coefficient (Wildman–Crippen LogP) is 2.12. The molecule has 2 aromatic rings. The first kappa shape index (κ1) is 19.0. The fourth-order valence-electron chi connectivity index (χ4n) is 4.64. The summed E-state index contributed by atoms with van der Waals surface area (Å²) in [5, 5.41) is 7.18. The highest BCUT2D eigenvalue weighted by molar-refractivity contribution is 5.94. The summed E-state index contributed by atoms with van der Waals surface area (Å²) < 4.78 is 0. The van der Waals surface area contributed by atoms with E-state index in [2.05, 4.69) is 59.5 Å². The summed E-state index contributed by atoms with van der Waals surface area (Å²) in [5.74, 6) is -0.0212. The Hall–Kier alpha value is -2.34. The van der Waals surface area contributed by atoms with Crippen molar-refractivity contribution < 1.29 is 9.59 Å². The minimum Gasteiger partial charge on any atom is -0.361 e. The highest BCUT2D eigenvalue weighted by Crippen LogP contribution is 2.40. The molecule has 0 saturated carbocycles. The lowest BCUT2D eigenvalue weighted by molar-refractivity contribution is -0.128. The van der Waals surface area contributed by atoms with Crippen molar-refractivity contribution in [1.82, 2.24) is 20.5 Å². The van der Waals surface area contributed by atoms with Gasteiger partial charge < -0.3 is 15.6 Å². The van der Waals surface area contributed by atoms with Gasteiger partial charge in [0.15, 0.2) is 0 Å². The molecule has 1 aromatic carbocycles. The Morgan fingerprint density at radius 3 is 2.96 bits per heavy atom. The van der Waals surface area contributed by atoms with E-state index in [0.717, 1.165) is 31.4 Å². The van der Waals surface area contributed by atoms with Crippen LogP contribution in [0, 0.1) is 12.3 Å². The van der Waals surface area contributed by atoms with E-state index in [9.17, 15) is 9.59 Å². The van der Waals surface area contributed by atoms with E-state index >= 15 is 0 Å². The molecular formula is C22H30N4O2. The van der Waals surface area contributed by atoms with Gasteiger partial charge in [-0.15, -0.1) is 0 Å². The molecule has 1 spiro atoms. The van der Waals surface area contributed by atoms with Crippen LogP contribution in [0.3, 0.4) is 0 Å². The highest BCUT2D eigenvalue weighted by Gasteiger charge is 2.52. The van der Waals surface area contributed by atoms with Crippen LogP contribution in [0.2, 0.25) is 0 Å². The molecule has 150 valence electrons. The van der Waals surface area contributed by atoms with E-state index in [-0.39, 0.29) is 17.2 Å². The second-order valence-electron chi connectivity index (χ2n) is 8.73. The number of aryl methyl sites for hydroxylation is 1. The maximum atomic E-state index is 12.6. The standard InChI is InChI=1S/C22H30N4O2/c1-14(2)26-9-7-22(13-26)11-19(25-21(22)28)20(27)23-8-6-16-12-24-18-5-4-15(3)10-17(16)18/h4-5,10,12,14,19,24H,6-9,11,13H2,1-3H3,(H,23,27)(H,25,28)/t19-,22+/m0/s1. The van der Waals surface area contributed by atoms with E-state index in [4.69, 9.17) is 0 Å². The lowest BCUT2D eigenvalue weighted by atomic mass is 9.84. The van der Waals surface area contributed by atoms with Gasteiger partial charge >= 0.3 is 0 Å². The first-order chi connectivity index (χ1) is 13.4. The number of nitrogens with zero attached hydrogens (tertiary/aromatic N) is 1. The maximum Gasteiger partial charge on any atom is 0.242 e. The van der Waals surface area contributed by atoms with Gasteiger partial charge in [-0.25, -0.2) is 0 Å². The number of likely N-dealkylation sites (tertiary alicyclic amines) is 1. The van der Waals surface area contributed by atoms with Crippen LogP contribution in [0.4, 0.5) is 0 Å². The molecule has 2 fully saturated rings. The molecule has 2 atom stereocenters. The van der Waals surface area contributed by atoms with Gasteiger partial charge in [0, 0.05) is 36.2 Å². The van der Waals surface area contributed by atoms with E-state index in [1.54, 1.807) is 0 Å². The molecule has 0 unspecified atom stereocenters. The molecule has 2 saturated heterocycles. The normalized spacial score (nSPS) is 25.1. The van der Waals surface area contributed by atoms with Crippen molar-refractivity contribution in [1.29, 1.82) is 0 Å². The van der Waals surface area contributed by atoms with Crippen molar-refractivity contribution in [3.05, 3.63) is 35.5 Å². The molecule has 4 rings (SSSR count). The molecule has 3 N–H and O–H groups in total. The third-order valence-electron chi connectivity index (χ3n) is 6.43. The monoisotopic (exact) mass is 382 g/mol. The van der Waals surface area contributed by atoms with Crippen molar-refractivity contribution in [2.45, 2.75) is 52.1 Å². The third kappa shape index (κ3) is 3.41. The average molecular weight is 383 g/mol. The van der Waals surface area contributed by atoms with Gasteiger partial charge in [0.2, 0.25) is 11.8 Å². The lowest BCUT2D eigenvalue weighted by Gasteiger charge is -2.23.